The average Bonchev–Trinajstić information content (AvgIpc) is 2.15. The molecule has 1 aromatic carbocycles. The molecular formula is C10H11NO3S. The highest BCUT2D eigenvalue weighted by Gasteiger charge is 2.10. The van der Waals surface area contributed by atoms with Crippen LogP contribution in [0.4, 0.5) is 0 Å². The summed E-state index contributed by atoms with van der Waals surface area (Å²) in [4.78, 5) is 11.4. The van der Waals surface area contributed by atoms with E-state index in [2.05, 4.69) is 6.58 Å². The van der Waals surface area contributed by atoms with Gasteiger partial charge >= 0.3 is 0 Å². The van der Waals surface area contributed by atoms with Gasteiger partial charge in [-0.05, 0) is 36.8 Å². The molecule has 80 valence electrons. The third-order valence-electron chi connectivity index (χ3n) is 1.83. The summed E-state index contributed by atoms with van der Waals surface area (Å²) in [5, 5.41) is 4.91. The topological polar surface area (TPSA) is 77.2 Å². The van der Waals surface area contributed by atoms with Crippen molar-refractivity contribution in [3.05, 3.63) is 42.0 Å². The Morgan fingerprint density at radius 1 is 1.27 bits per heavy atom. The van der Waals surface area contributed by atoms with Gasteiger partial charge in [-0.3, -0.25) is 4.79 Å². The van der Waals surface area contributed by atoms with Gasteiger partial charge in [-0.25, -0.2) is 13.6 Å². The van der Waals surface area contributed by atoms with Crippen LogP contribution in [0.1, 0.15) is 17.3 Å². The summed E-state index contributed by atoms with van der Waals surface area (Å²) < 4.78 is 21.8. The van der Waals surface area contributed by atoms with E-state index < -0.39 is 10.0 Å². The zero-order valence-electron chi connectivity index (χ0n) is 8.23. The maximum Gasteiger partial charge on any atom is 0.238 e. The molecule has 0 spiro atoms. The molecule has 0 aliphatic rings. The number of sulfonamides is 1. The molecule has 0 unspecified atom stereocenters. The average molecular weight is 225 g/mol. The number of benzene rings is 1. The van der Waals surface area contributed by atoms with Crippen molar-refractivity contribution in [3.63, 3.8) is 0 Å². The SMILES string of the molecule is C=C(C)C(=O)c1ccc(S(N)(=O)=O)cc1. The summed E-state index contributed by atoms with van der Waals surface area (Å²) in [5.41, 5.74) is 0.799. The molecule has 0 aliphatic carbocycles. The van der Waals surface area contributed by atoms with E-state index in [9.17, 15) is 13.2 Å². The van der Waals surface area contributed by atoms with Crippen LogP contribution in [0.5, 0.6) is 0 Å². The number of Topliss-reactive ketones (excluding diaryl/α,β-unsaturated/α-hetero) is 1. The van der Waals surface area contributed by atoms with Crippen LogP contribution < -0.4 is 5.14 Å². The third kappa shape index (κ3) is 2.74. The minimum atomic E-state index is -3.70. The van der Waals surface area contributed by atoms with Crippen LogP contribution in [0.3, 0.4) is 0 Å². The van der Waals surface area contributed by atoms with E-state index in [-0.39, 0.29) is 10.7 Å². The van der Waals surface area contributed by atoms with Crippen LogP contribution >= 0.6 is 0 Å². The number of allylic oxidation sites excluding steroid dienone is 1. The number of primary sulfonamides is 1. The number of nitrogens with two attached hydrogens (primary N) is 1. The van der Waals surface area contributed by atoms with E-state index >= 15 is 0 Å². The standard InChI is InChI=1S/C10H11NO3S/c1-7(2)10(12)8-3-5-9(6-4-8)15(11,13)14/h3-6H,1H2,2H3,(H2,11,13,14). The Kier molecular flexibility index (Phi) is 3.06. The second-order valence-electron chi connectivity index (χ2n) is 3.18. The van der Waals surface area contributed by atoms with Gasteiger partial charge in [-0.1, -0.05) is 6.58 Å². The van der Waals surface area contributed by atoms with Crippen molar-refractivity contribution in [2.24, 2.45) is 5.14 Å². The molecule has 4 nitrogen and oxygen atoms in total. The summed E-state index contributed by atoms with van der Waals surface area (Å²) in [6.45, 7) is 5.10. The zero-order chi connectivity index (χ0) is 11.6. The quantitative estimate of drug-likeness (QED) is 0.618. The van der Waals surface area contributed by atoms with Crippen molar-refractivity contribution in [2.45, 2.75) is 11.8 Å². The lowest BCUT2D eigenvalue weighted by Gasteiger charge is -2.01. The highest BCUT2D eigenvalue weighted by Crippen LogP contribution is 2.11. The van der Waals surface area contributed by atoms with Crippen molar-refractivity contribution in [2.75, 3.05) is 0 Å². The van der Waals surface area contributed by atoms with Gasteiger partial charge in [0.1, 0.15) is 0 Å². The molecule has 0 bridgehead atoms. The first-order valence-corrected chi connectivity index (χ1v) is 5.70. The van der Waals surface area contributed by atoms with E-state index in [1.54, 1.807) is 6.92 Å². The van der Waals surface area contributed by atoms with Crippen LogP contribution in [-0.2, 0) is 10.0 Å². The molecule has 0 radical (unpaired) electrons. The second-order valence-corrected chi connectivity index (χ2v) is 4.74. The molecule has 5 heteroatoms. The van der Waals surface area contributed by atoms with Gasteiger partial charge in [0.15, 0.2) is 5.78 Å². The number of carbonyl (C=O) groups excluding carboxylic acids is 1. The van der Waals surface area contributed by atoms with Crippen molar-refractivity contribution in [3.8, 4) is 0 Å². The van der Waals surface area contributed by atoms with Crippen LogP contribution in [0, 0.1) is 0 Å². The maximum atomic E-state index is 11.4. The van der Waals surface area contributed by atoms with Crippen LogP contribution in [-0.4, -0.2) is 14.2 Å². The Balaban J connectivity index is 3.12. The molecular weight excluding hydrogens is 214 g/mol. The fourth-order valence-corrected chi connectivity index (χ4v) is 1.56. The Hall–Kier alpha value is -1.46. The van der Waals surface area contributed by atoms with Crippen LogP contribution in [0.25, 0.3) is 0 Å². The van der Waals surface area contributed by atoms with Crippen molar-refractivity contribution < 1.29 is 13.2 Å². The van der Waals surface area contributed by atoms with E-state index in [4.69, 9.17) is 5.14 Å². The van der Waals surface area contributed by atoms with Gasteiger partial charge in [-0.2, -0.15) is 0 Å². The lowest BCUT2D eigenvalue weighted by Crippen LogP contribution is -2.12. The van der Waals surface area contributed by atoms with E-state index in [0.717, 1.165) is 0 Å². The molecule has 1 aromatic rings. The molecule has 0 atom stereocenters. The fraction of sp³-hybridized carbons (Fsp3) is 0.100. The highest BCUT2D eigenvalue weighted by atomic mass is 32.2. The molecule has 15 heavy (non-hydrogen) atoms. The van der Waals surface area contributed by atoms with Gasteiger partial charge in [0, 0.05) is 5.56 Å². The molecule has 2 N–H and O–H groups in total. The fourth-order valence-electron chi connectivity index (χ4n) is 1.04. The van der Waals surface area contributed by atoms with E-state index in [0.29, 0.717) is 11.1 Å². The molecule has 0 fully saturated rings. The number of hydrogen-bond acceptors (Lipinski definition) is 3. The second kappa shape index (κ2) is 3.96. The smallest absolute Gasteiger partial charge is 0.238 e. The minimum Gasteiger partial charge on any atom is -0.289 e. The lowest BCUT2D eigenvalue weighted by molar-refractivity contribution is 0.103. The normalized spacial score (nSPS) is 11.1. The molecule has 0 heterocycles. The number of carbonyl (C=O) groups is 1. The summed E-state index contributed by atoms with van der Waals surface area (Å²) in [5.74, 6) is -0.212. The van der Waals surface area contributed by atoms with E-state index in [1.165, 1.54) is 24.3 Å². The number of ketones is 1. The minimum absolute atomic E-state index is 0.0132. The van der Waals surface area contributed by atoms with Crippen LogP contribution in [0.15, 0.2) is 41.3 Å². The molecule has 0 amide bonds. The van der Waals surface area contributed by atoms with Gasteiger partial charge < -0.3 is 0 Å². The van der Waals surface area contributed by atoms with E-state index in [1.807, 2.05) is 0 Å². The predicted molar refractivity (Wildman–Crippen MR) is 57.0 cm³/mol. The summed E-state index contributed by atoms with van der Waals surface area (Å²) >= 11 is 0. The first kappa shape index (κ1) is 11.6. The maximum absolute atomic E-state index is 11.4. The number of hydrogen-bond donors (Lipinski definition) is 1. The zero-order valence-corrected chi connectivity index (χ0v) is 9.04. The summed E-state index contributed by atoms with van der Waals surface area (Å²) in [7, 11) is -3.70. The van der Waals surface area contributed by atoms with Crippen LogP contribution in [0.2, 0.25) is 0 Å². The van der Waals surface area contributed by atoms with Crippen molar-refractivity contribution in [1.82, 2.24) is 0 Å². The van der Waals surface area contributed by atoms with Gasteiger partial charge in [0.25, 0.3) is 0 Å². The molecule has 0 saturated heterocycles. The monoisotopic (exact) mass is 225 g/mol. The van der Waals surface area contributed by atoms with Gasteiger partial charge in [0.2, 0.25) is 10.0 Å². The predicted octanol–water partition coefficient (Wildman–Crippen LogP) is 1.09. The lowest BCUT2D eigenvalue weighted by atomic mass is 10.1. The molecule has 1 rings (SSSR count). The Bertz CT molecular complexity index is 500. The summed E-state index contributed by atoms with van der Waals surface area (Å²) in [6.07, 6.45) is 0. The Labute approximate surface area is 88.5 Å². The molecule has 0 aliphatic heterocycles. The van der Waals surface area contributed by atoms with Crippen molar-refractivity contribution >= 4 is 15.8 Å². The third-order valence-corrected chi connectivity index (χ3v) is 2.76. The van der Waals surface area contributed by atoms with Gasteiger partial charge in [-0.15, -0.1) is 0 Å². The Morgan fingerprint density at radius 3 is 2.07 bits per heavy atom. The largest absolute Gasteiger partial charge is 0.289 e. The van der Waals surface area contributed by atoms with Gasteiger partial charge in [0.05, 0.1) is 4.90 Å². The summed E-state index contributed by atoms with van der Waals surface area (Å²) in [6, 6.07) is 5.42. The Morgan fingerprint density at radius 2 is 1.73 bits per heavy atom. The molecule has 0 aromatic heterocycles. The highest BCUT2D eigenvalue weighted by molar-refractivity contribution is 7.89. The first-order valence-electron chi connectivity index (χ1n) is 4.15. The first-order chi connectivity index (χ1) is 6.82. The number of rotatable bonds is 3. The van der Waals surface area contributed by atoms with Crippen molar-refractivity contribution in [1.29, 1.82) is 0 Å². The molecule has 0 saturated carbocycles.